The van der Waals surface area contributed by atoms with Crippen LogP contribution in [0.15, 0.2) is 24.3 Å². The molecule has 1 saturated heterocycles. The molecule has 1 fully saturated rings. The Bertz CT molecular complexity index is 420. The number of nitrogens with two attached hydrogens (primary N) is 1. The van der Waals surface area contributed by atoms with Crippen molar-refractivity contribution >= 4 is 0 Å². The van der Waals surface area contributed by atoms with E-state index in [0.29, 0.717) is 0 Å². The number of likely N-dealkylation sites (N-methyl/N-ethyl adjacent to an activating group) is 1. The maximum absolute atomic E-state index is 6.30. The molecule has 1 aromatic rings. The molecule has 0 aromatic heterocycles. The van der Waals surface area contributed by atoms with Gasteiger partial charge in [0, 0.05) is 24.6 Å². The lowest BCUT2D eigenvalue weighted by Crippen LogP contribution is -2.53. The second kappa shape index (κ2) is 4.00. The van der Waals surface area contributed by atoms with Crippen molar-refractivity contribution in [1.29, 1.82) is 0 Å². The summed E-state index contributed by atoms with van der Waals surface area (Å²) in [6.45, 7) is 2.16. The highest BCUT2D eigenvalue weighted by Gasteiger charge is 2.42. The first kappa shape index (κ1) is 11.1. The number of hydrogen-bond donors (Lipinski definition) is 1. The Kier molecular flexibility index (Phi) is 2.60. The third kappa shape index (κ3) is 1.94. The summed E-state index contributed by atoms with van der Waals surface area (Å²) in [5.74, 6) is 0.988. The zero-order chi connectivity index (χ0) is 11.9. The minimum absolute atomic E-state index is 0.0548. The summed E-state index contributed by atoms with van der Waals surface area (Å²) < 4.78 is 6.28. The maximum atomic E-state index is 6.30. The molecule has 1 spiro atoms. The molecular formula is C14H20N2O. The van der Waals surface area contributed by atoms with Gasteiger partial charge < -0.3 is 15.4 Å². The fraction of sp³-hybridized carbons (Fsp3) is 0.571. The number of piperidine rings is 1. The van der Waals surface area contributed by atoms with E-state index in [1.165, 1.54) is 13.0 Å². The van der Waals surface area contributed by atoms with Crippen LogP contribution >= 0.6 is 0 Å². The van der Waals surface area contributed by atoms with Gasteiger partial charge in [-0.05, 0) is 32.5 Å². The Balaban J connectivity index is 1.92. The van der Waals surface area contributed by atoms with Gasteiger partial charge in [0.15, 0.2) is 0 Å². The predicted octanol–water partition coefficient (Wildman–Crippen LogP) is 1.93. The van der Waals surface area contributed by atoms with Crippen LogP contribution in [0.1, 0.15) is 30.9 Å². The molecule has 17 heavy (non-hydrogen) atoms. The molecule has 1 unspecified atom stereocenters. The number of ether oxygens (including phenoxy) is 1. The summed E-state index contributed by atoms with van der Waals surface area (Å²) in [7, 11) is 2.16. The van der Waals surface area contributed by atoms with Gasteiger partial charge >= 0.3 is 0 Å². The maximum Gasteiger partial charge on any atom is 0.124 e. The second-order valence-corrected chi connectivity index (χ2v) is 5.47. The Morgan fingerprint density at radius 2 is 2.24 bits per heavy atom. The highest BCUT2D eigenvalue weighted by molar-refractivity contribution is 5.38. The van der Waals surface area contributed by atoms with Crippen LogP contribution in [0.4, 0.5) is 0 Å². The zero-order valence-electron chi connectivity index (χ0n) is 10.4. The number of fused-ring (bicyclic) bond motifs is 1. The molecule has 0 saturated carbocycles. The smallest absolute Gasteiger partial charge is 0.124 e. The standard InChI is InChI=1S/C14H20N2O/c1-16-8-4-7-14(10-16)9-12(15)11-5-2-3-6-13(11)17-14/h2-3,5-6,12H,4,7-10,15H2,1H3/t12-,14?/m1/s1. The van der Waals surface area contributed by atoms with Crippen molar-refractivity contribution in [2.75, 3.05) is 20.1 Å². The average Bonchev–Trinajstić information content (AvgIpc) is 2.28. The van der Waals surface area contributed by atoms with Crippen molar-refractivity contribution in [3.05, 3.63) is 29.8 Å². The highest BCUT2D eigenvalue weighted by Crippen LogP contribution is 2.41. The third-order valence-electron chi connectivity index (χ3n) is 3.97. The molecule has 1 aromatic carbocycles. The van der Waals surface area contributed by atoms with Crippen molar-refractivity contribution < 1.29 is 4.74 Å². The van der Waals surface area contributed by atoms with E-state index in [1.807, 2.05) is 18.2 Å². The molecule has 0 amide bonds. The van der Waals surface area contributed by atoms with E-state index in [1.54, 1.807) is 0 Å². The SMILES string of the molecule is CN1CCCC2(C[C@@H](N)c3ccccc3O2)C1. The summed E-state index contributed by atoms with van der Waals surface area (Å²) in [5, 5.41) is 0. The van der Waals surface area contributed by atoms with Crippen LogP contribution in [-0.2, 0) is 0 Å². The van der Waals surface area contributed by atoms with Crippen molar-refractivity contribution in [2.45, 2.75) is 30.9 Å². The van der Waals surface area contributed by atoms with Crippen molar-refractivity contribution in [2.24, 2.45) is 5.73 Å². The van der Waals surface area contributed by atoms with E-state index < -0.39 is 0 Å². The number of hydrogen-bond acceptors (Lipinski definition) is 3. The number of likely N-dealkylation sites (tertiary alicyclic amines) is 1. The Morgan fingerprint density at radius 3 is 3.06 bits per heavy atom. The summed E-state index contributed by atoms with van der Waals surface area (Å²) in [6, 6.07) is 8.31. The number of para-hydroxylation sites is 1. The topological polar surface area (TPSA) is 38.5 Å². The first-order valence-electron chi connectivity index (χ1n) is 6.41. The quantitative estimate of drug-likeness (QED) is 0.743. The molecule has 92 valence electrons. The van der Waals surface area contributed by atoms with Gasteiger partial charge in [0.1, 0.15) is 11.4 Å². The number of benzene rings is 1. The van der Waals surface area contributed by atoms with E-state index in [-0.39, 0.29) is 11.6 Å². The Labute approximate surface area is 103 Å². The molecule has 2 aliphatic heterocycles. The van der Waals surface area contributed by atoms with Gasteiger partial charge in [-0.2, -0.15) is 0 Å². The fourth-order valence-electron chi connectivity index (χ4n) is 3.24. The van der Waals surface area contributed by atoms with E-state index in [0.717, 1.165) is 30.7 Å². The summed E-state index contributed by atoms with van der Waals surface area (Å²) in [6.07, 6.45) is 3.26. The molecular weight excluding hydrogens is 212 g/mol. The molecule has 3 nitrogen and oxygen atoms in total. The molecule has 2 aliphatic rings. The van der Waals surface area contributed by atoms with Gasteiger partial charge in [0.25, 0.3) is 0 Å². The van der Waals surface area contributed by atoms with E-state index >= 15 is 0 Å². The predicted molar refractivity (Wildman–Crippen MR) is 68.1 cm³/mol. The Morgan fingerprint density at radius 1 is 1.41 bits per heavy atom. The van der Waals surface area contributed by atoms with Crippen LogP contribution in [0, 0.1) is 0 Å². The van der Waals surface area contributed by atoms with Crippen molar-refractivity contribution in [1.82, 2.24) is 4.90 Å². The first-order chi connectivity index (χ1) is 8.19. The summed E-state index contributed by atoms with van der Waals surface area (Å²) in [5.41, 5.74) is 7.40. The van der Waals surface area contributed by atoms with Gasteiger partial charge in [0.05, 0.1) is 0 Å². The van der Waals surface area contributed by atoms with E-state index in [2.05, 4.69) is 18.0 Å². The van der Waals surface area contributed by atoms with Crippen LogP contribution in [-0.4, -0.2) is 30.6 Å². The summed E-state index contributed by atoms with van der Waals surface area (Å²) in [4.78, 5) is 2.35. The third-order valence-corrected chi connectivity index (χ3v) is 3.97. The van der Waals surface area contributed by atoms with Crippen LogP contribution in [0.5, 0.6) is 5.75 Å². The molecule has 2 atom stereocenters. The first-order valence-corrected chi connectivity index (χ1v) is 6.41. The molecule has 0 aliphatic carbocycles. The lowest BCUT2D eigenvalue weighted by atomic mass is 9.82. The molecule has 3 heteroatoms. The molecule has 2 heterocycles. The lowest BCUT2D eigenvalue weighted by Gasteiger charge is -2.46. The van der Waals surface area contributed by atoms with Crippen molar-refractivity contribution in [3.8, 4) is 5.75 Å². The monoisotopic (exact) mass is 232 g/mol. The Hall–Kier alpha value is -1.06. The zero-order valence-corrected chi connectivity index (χ0v) is 10.4. The largest absolute Gasteiger partial charge is 0.486 e. The van der Waals surface area contributed by atoms with Gasteiger partial charge in [-0.15, -0.1) is 0 Å². The van der Waals surface area contributed by atoms with Crippen LogP contribution < -0.4 is 10.5 Å². The van der Waals surface area contributed by atoms with Gasteiger partial charge in [0.2, 0.25) is 0 Å². The van der Waals surface area contributed by atoms with Gasteiger partial charge in [-0.25, -0.2) is 0 Å². The van der Waals surface area contributed by atoms with Gasteiger partial charge in [-0.1, -0.05) is 18.2 Å². The lowest BCUT2D eigenvalue weighted by molar-refractivity contribution is -0.0233. The van der Waals surface area contributed by atoms with Gasteiger partial charge in [-0.3, -0.25) is 0 Å². The fourth-order valence-corrected chi connectivity index (χ4v) is 3.24. The second-order valence-electron chi connectivity index (χ2n) is 5.47. The number of nitrogens with zero attached hydrogens (tertiary/aromatic N) is 1. The van der Waals surface area contributed by atoms with E-state index in [4.69, 9.17) is 10.5 Å². The minimum Gasteiger partial charge on any atom is -0.486 e. The summed E-state index contributed by atoms with van der Waals surface area (Å²) >= 11 is 0. The van der Waals surface area contributed by atoms with Crippen molar-refractivity contribution in [3.63, 3.8) is 0 Å². The molecule has 0 bridgehead atoms. The minimum atomic E-state index is -0.0548. The van der Waals surface area contributed by atoms with Crippen LogP contribution in [0.2, 0.25) is 0 Å². The normalized spacial score (nSPS) is 33.2. The molecule has 3 rings (SSSR count). The van der Waals surface area contributed by atoms with E-state index in [9.17, 15) is 0 Å². The molecule has 0 radical (unpaired) electrons. The average molecular weight is 232 g/mol. The number of rotatable bonds is 0. The van der Waals surface area contributed by atoms with Crippen LogP contribution in [0.3, 0.4) is 0 Å². The molecule has 2 N–H and O–H groups in total. The highest BCUT2D eigenvalue weighted by atomic mass is 16.5. The van der Waals surface area contributed by atoms with Crippen LogP contribution in [0.25, 0.3) is 0 Å².